The van der Waals surface area contributed by atoms with E-state index in [2.05, 4.69) is 72.9 Å². The first-order chi connectivity index (χ1) is 13.8. The van der Waals surface area contributed by atoms with Crippen molar-refractivity contribution < 1.29 is 14.0 Å². The SMILES string of the molecule is CC1=CC(C/C=C(\C)CC/C=C(\C)CC/C=C(\C)CO[Si](C)(C)C(C)(C)C)OC1=O. The maximum absolute atomic E-state index is 11.4. The van der Waals surface area contributed by atoms with Gasteiger partial charge in [-0.3, -0.25) is 0 Å². The fraction of sp³-hybridized carbons (Fsp3) is 0.654. The van der Waals surface area contributed by atoms with Crippen molar-refractivity contribution in [2.75, 3.05) is 6.61 Å². The number of hydrogen-bond donors (Lipinski definition) is 0. The van der Waals surface area contributed by atoms with Gasteiger partial charge in [0.1, 0.15) is 6.10 Å². The molecule has 0 bridgehead atoms. The Morgan fingerprint density at radius 2 is 1.57 bits per heavy atom. The molecule has 3 nitrogen and oxygen atoms in total. The van der Waals surface area contributed by atoms with Crippen molar-refractivity contribution in [3.05, 3.63) is 46.6 Å². The van der Waals surface area contributed by atoms with Crippen molar-refractivity contribution in [3.8, 4) is 0 Å². The summed E-state index contributed by atoms with van der Waals surface area (Å²) in [6, 6.07) is 0. The number of carbonyl (C=O) groups is 1. The normalized spacial score (nSPS) is 19.2. The first kappa shape index (κ1) is 26.6. The standard InChI is InChI=1S/C26H44O3Si/c1-20(13-11-15-22(3)19-28-30(8,9)26(5,6)7)12-10-14-21(2)16-17-24-18-23(4)25(27)29-24/h12,15-16,18,24H,10-11,13-14,17,19H2,1-9H3/b20-12+,21-16+,22-15+. The van der Waals surface area contributed by atoms with Gasteiger partial charge >= 0.3 is 5.97 Å². The summed E-state index contributed by atoms with van der Waals surface area (Å²) in [5.41, 5.74) is 4.86. The van der Waals surface area contributed by atoms with Crippen LogP contribution in [0.3, 0.4) is 0 Å². The zero-order valence-electron chi connectivity index (χ0n) is 20.9. The predicted molar refractivity (Wildman–Crippen MR) is 131 cm³/mol. The molecule has 1 aliphatic heterocycles. The molecule has 1 heterocycles. The molecule has 4 heteroatoms. The van der Waals surface area contributed by atoms with Crippen LogP contribution in [0.25, 0.3) is 0 Å². The van der Waals surface area contributed by atoms with Crippen molar-refractivity contribution in [3.63, 3.8) is 0 Å². The second-order valence-corrected chi connectivity index (χ2v) is 15.1. The Bertz CT molecular complexity index is 702. The number of cyclic esters (lactones) is 1. The number of ether oxygens (including phenoxy) is 1. The van der Waals surface area contributed by atoms with Crippen molar-refractivity contribution in [1.82, 2.24) is 0 Å². The van der Waals surface area contributed by atoms with Gasteiger partial charge in [0.05, 0.1) is 6.61 Å². The molecule has 1 rings (SSSR count). The second-order valence-electron chi connectivity index (χ2n) is 10.3. The van der Waals surface area contributed by atoms with E-state index in [4.69, 9.17) is 9.16 Å². The molecule has 1 unspecified atom stereocenters. The van der Waals surface area contributed by atoms with Crippen molar-refractivity contribution in [2.45, 2.75) is 105 Å². The molecule has 0 saturated carbocycles. The molecule has 1 aliphatic rings. The summed E-state index contributed by atoms with van der Waals surface area (Å²) in [5, 5.41) is 0.260. The molecule has 30 heavy (non-hydrogen) atoms. The zero-order valence-corrected chi connectivity index (χ0v) is 21.9. The van der Waals surface area contributed by atoms with Crippen LogP contribution in [-0.2, 0) is 14.0 Å². The zero-order chi connectivity index (χ0) is 22.9. The minimum atomic E-state index is -1.66. The van der Waals surface area contributed by atoms with Gasteiger partial charge in [-0.05, 0) is 77.6 Å². The minimum absolute atomic E-state index is 0.0830. The molecule has 0 N–H and O–H groups in total. The maximum Gasteiger partial charge on any atom is 0.334 e. The molecule has 0 amide bonds. The monoisotopic (exact) mass is 432 g/mol. The summed E-state index contributed by atoms with van der Waals surface area (Å²) in [6.07, 6.45) is 13.8. The summed E-state index contributed by atoms with van der Waals surface area (Å²) < 4.78 is 11.6. The molecule has 0 aromatic rings. The van der Waals surface area contributed by atoms with E-state index in [0.717, 1.165) is 44.3 Å². The lowest BCUT2D eigenvalue weighted by atomic mass is 10.1. The molecule has 0 aromatic carbocycles. The minimum Gasteiger partial charge on any atom is -0.454 e. The number of esters is 1. The van der Waals surface area contributed by atoms with Crippen LogP contribution in [0.5, 0.6) is 0 Å². The third-order valence-corrected chi connectivity index (χ3v) is 10.7. The van der Waals surface area contributed by atoms with Gasteiger partial charge in [0.2, 0.25) is 0 Å². The Morgan fingerprint density at radius 3 is 2.07 bits per heavy atom. The summed E-state index contributed by atoms with van der Waals surface area (Å²) >= 11 is 0. The summed E-state index contributed by atoms with van der Waals surface area (Å²) in [4.78, 5) is 11.4. The summed E-state index contributed by atoms with van der Waals surface area (Å²) in [6.45, 7) is 20.6. The van der Waals surface area contributed by atoms with Crippen LogP contribution in [-0.4, -0.2) is 27.0 Å². The second kappa shape index (κ2) is 11.9. The lowest BCUT2D eigenvalue weighted by molar-refractivity contribution is -0.139. The Morgan fingerprint density at radius 1 is 1.03 bits per heavy atom. The highest BCUT2D eigenvalue weighted by atomic mass is 28.4. The molecule has 0 radical (unpaired) electrons. The topological polar surface area (TPSA) is 35.5 Å². The van der Waals surface area contributed by atoms with Crippen LogP contribution < -0.4 is 0 Å². The summed E-state index contributed by atoms with van der Waals surface area (Å²) in [5.74, 6) is -0.180. The number of allylic oxidation sites excluding steroid dienone is 4. The number of carbonyl (C=O) groups excluding carboxylic acids is 1. The van der Waals surface area contributed by atoms with E-state index >= 15 is 0 Å². The fourth-order valence-corrected chi connectivity index (χ4v) is 3.93. The molecular weight excluding hydrogens is 388 g/mol. The third-order valence-electron chi connectivity index (χ3n) is 6.24. The van der Waals surface area contributed by atoms with Crippen LogP contribution in [0.15, 0.2) is 46.6 Å². The average molecular weight is 433 g/mol. The van der Waals surface area contributed by atoms with E-state index < -0.39 is 8.32 Å². The highest BCUT2D eigenvalue weighted by molar-refractivity contribution is 6.74. The van der Waals surface area contributed by atoms with E-state index in [-0.39, 0.29) is 17.1 Å². The van der Waals surface area contributed by atoms with E-state index in [1.165, 1.54) is 16.7 Å². The van der Waals surface area contributed by atoms with E-state index in [9.17, 15) is 4.79 Å². The Balaban J connectivity index is 2.31. The van der Waals surface area contributed by atoms with Crippen LogP contribution in [0.2, 0.25) is 18.1 Å². The van der Waals surface area contributed by atoms with Gasteiger partial charge in [0.15, 0.2) is 8.32 Å². The van der Waals surface area contributed by atoms with Crippen molar-refractivity contribution in [2.24, 2.45) is 0 Å². The van der Waals surface area contributed by atoms with E-state index in [1.54, 1.807) is 0 Å². The van der Waals surface area contributed by atoms with Crippen LogP contribution in [0, 0.1) is 0 Å². The number of rotatable bonds is 11. The van der Waals surface area contributed by atoms with Gasteiger partial charge in [0.25, 0.3) is 0 Å². The molecule has 0 aromatic heterocycles. The van der Waals surface area contributed by atoms with Gasteiger partial charge in [-0.2, -0.15) is 0 Å². The lowest BCUT2D eigenvalue weighted by Gasteiger charge is -2.36. The van der Waals surface area contributed by atoms with Gasteiger partial charge in [0, 0.05) is 12.0 Å². The largest absolute Gasteiger partial charge is 0.454 e. The first-order valence-electron chi connectivity index (χ1n) is 11.3. The molecule has 0 fully saturated rings. The Kier molecular flexibility index (Phi) is 10.5. The molecule has 0 aliphatic carbocycles. The first-order valence-corrected chi connectivity index (χ1v) is 14.2. The molecule has 0 spiro atoms. The highest BCUT2D eigenvalue weighted by Crippen LogP contribution is 2.36. The third kappa shape index (κ3) is 9.61. The van der Waals surface area contributed by atoms with Gasteiger partial charge in [-0.1, -0.05) is 55.7 Å². The van der Waals surface area contributed by atoms with E-state index in [1.807, 2.05) is 13.0 Å². The fourth-order valence-electron chi connectivity index (χ4n) is 2.91. The van der Waals surface area contributed by atoms with Gasteiger partial charge in [-0.15, -0.1) is 0 Å². The molecule has 1 atom stereocenters. The molecule has 0 saturated heterocycles. The van der Waals surface area contributed by atoms with Crippen molar-refractivity contribution in [1.29, 1.82) is 0 Å². The van der Waals surface area contributed by atoms with Crippen LogP contribution in [0.1, 0.15) is 80.6 Å². The number of hydrogen-bond acceptors (Lipinski definition) is 3. The van der Waals surface area contributed by atoms with E-state index in [0.29, 0.717) is 0 Å². The van der Waals surface area contributed by atoms with Gasteiger partial charge < -0.3 is 9.16 Å². The smallest absolute Gasteiger partial charge is 0.334 e. The Hall–Kier alpha value is -1.39. The van der Waals surface area contributed by atoms with Crippen molar-refractivity contribution >= 4 is 14.3 Å². The van der Waals surface area contributed by atoms with Crippen LogP contribution in [0.4, 0.5) is 0 Å². The Labute approximate surface area is 186 Å². The highest BCUT2D eigenvalue weighted by Gasteiger charge is 2.36. The lowest BCUT2D eigenvalue weighted by Crippen LogP contribution is -2.41. The molecule has 170 valence electrons. The summed E-state index contributed by atoms with van der Waals surface area (Å²) in [7, 11) is -1.66. The average Bonchev–Trinajstić information content (AvgIpc) is 2.95. The van der Waals surface area contributed by atoms with Crippen LogP contribution >= 0.6 is 0 Å². The quantitative estimate of drug-likeness (QED) is 0.191. The van der Waals surface area contributed by atoms with Gasteiger partial charge in [-0.25, -0.2) is 4.79 Å². The predicted octanol–water partition coefficient (Wildman–Crippen LogP) is 7.67. The molecular formula is C26H44O3Si. The maximum atomic E-state index is 11.4.